The number of rotatable bonds is 3. The lowest BCUT2D eigenvalue weighted by molar-refractivity contribution is 0.600. The third kappa shape index (κ3) is 3.03. The smallest absolute Gasteiger partial charge is 0.305 e. The van der Waals surface area contributed by atoms with Gasteiger partial charge in [-0.1, -0.05) is 6.07 Å². The average Bonchev–Trinajstić information content (AvgIpc) is 2.70. The summed E-state index contributed by atoms with van der Waals surface area (Å²) in [4.78, 5) is 24.2. The van der Waals surface area contributed by atoms with Gasteiger partial charge in [0, 0.05) is 14.1 Å². The number of aryl methyl sites for hydroxylation is 4. The van der Waals surface area contributed by atoms with Gasteiger partial charge in [-0.15, -0.1) is 0 Å². The largest absolute Gasteiger partial charge is 0.316 e. The molecule has 28 heavy (non-hydrogen) atoms. The standard InChI is InChI=1S/C20H21N3O4S/c1-22-17-10-8-15(12-18(17)23(2)20(25)19(22)24)21-28(26,27)16-9-7-13-5-3-4-6-14(13)11-16/h7-12,21H,3-6H2,1-2H3. The van der Waals surface area contributed by atoms with Crippen LogP contribution in [-0.2, 0) is 37.0 Å². The Morgan fingerprint density at radius 2 is 1.46 bits per heavy atom. The van der Waals surface area contributed by atoms with E-state index in [1.54, 1.807) is 30.3 Å². The first-order valence-corrected chi connectivity index (χ1v) is 10.6. The molecule has 2 aromatic carbocycles. The number of hydrogen-bond acceptors (Lipinski definition) is 4. The first kappa shape index (κ1) is 18.5. The van der Waals surface area contributed by atoms with E-state index in [1.807, 2.05) is 6.07 Å². The summed E-state index contributed by atoms with van der Waals surface area (Å²) >= 11 is 0. The van der Waals surface area contributed by atoms with Gasteiger partial charge in [0.1, 0.15) is 0 Å². The third-order valence-corrected chi connectivity index (χ3v) is 6.75. The van der Waals surface area contributed by atoms with Gasteiger partial charge in [-0.2, -0.15) is 0 Å². The van der Waals surface area contributed by atoms with Gasteiger partial charge in [-0.3, -0.25) is 14.3 Å². The lowest BCUT2D eigenvalue weighted by Gasteiger charge is -2.17. The van der Waals surface area contributed by atoms with Crippen molar-refractivity contribution in [2.75, 3.05) is 4.72 Å². The molecule has 4 rings (SSSR count). The molecule has 0 unspecified atom stereocenters. The predicted octanol–water partition coefficient (Wildman–Crippen LogP) is 1.92. The Labute approximate surface area is 162 Å². The lowest BCUT2D eigenvalue weighted by atomic mass is 9.92. The molecule has 146 valence electrons. The second-order valence-electron chi connectivity index (χ2n) is 7.17. The topological polar surface area (TPSA) is 90.2 Å². The summed E-state index contributed by atoms with van der Waals surface area (Å²) in [5, 5.41) is 0. The third-order valence-electron chi connectivity index (χ3n) is 5.37. The van der Waals surface area contributed by atoms with E-state index in [0.717, 1.165) is 31.2 Å². The first-order valence-electron chi connectivity index (χ1n) is 9.12. The van der Waals surface area contributed by atoms with Crippen LogP contribution >= 0.6 is 0 Å². The van der Waals surface area contributed by atoms with E-state index in [1.165, 1.54) is 28.8 Å². The van der Waals surface area contributed by atoms with Crippen LogP contribution < -0.4 is 15.8 Å². The fourth-order valence-electron chi connectivity index (χ4n) is 3.74. The SMILES string of the molecule is Cn1c(=O)c(=O)n(C)c2cc(NS(=O)(=O)c3ccc4c(c3)CCCC4)ccc21. The fraction of sp³-hybridized carbons (Fsp3) is 0.300. The van der Waals surface area contributed by atoms with Crippen molar-refractivity contribution >= 4 is 26.7 Å². The minimum Gasteiger partial charge on any atom is -0.305 e. The molecule has 1 aliphatic carbocycles. The van der Waals surface area contributed by atoms with Gasteiger partial charge in [-0.25, -0.2) is 8.42 Å². The Balaban J connectivity index is 1.75. The molecule has 0 bridgehead atoms. The molecule has 0 aliphatic heterocycles. The second kappa shape index (κ2) is 6.63. The van der Waals surface area contributed by atoms with Crippen molar-refractivity contribution in [3.8, 4) is 0 Å². The minimum atomic E-state index is -3.76. The highest BCUT2D eigenvalue weighted by Crippen LogP contribution is 2.26. The van der Waals surface area contributed by atoms with Crippen molar-refractivity contribution in [1.29, 1.82) is 0 Å². The fourth-order valence-corrected chi connectivity index (χ4v) is 4.84. The summed E-state index contributed by atoms with van der Waals surface area (Å²) < 4.78 is 30.8. The van der Waals surface area contributed by atoms with E-state index in [-0.39, 0.29) is 4.90 Å². The van der Waals surface area contributed by atoms with Crippen molar-refractivity contribution in [2.24, 2.45) is 14.1 Å². The zero-order valence-corrected chi connectivity index (χ0v) is 16.5. The summed E-state index contributed by atoms with van der Waals surface area (Å²) in [5.41, 5.74) is 2.36. The van der Waals surface area contributed by atoms with Crippen LogP contribution in [0.4, 0.5) is 5.69 Å². The number of nitrogens with zero attached hydrogens (tertiary/aromatic N) is 2. The highest BCUT2D eigenvalue weighted by Gasteiger charge is 2.18. The number of sulfonamides is 1. The Kier molecular flexibility index (Phi) is 4.38. The first-order chi connectivity index (χ1) is 13.3. The van der Waals surface area contributed by atoms with E-state index in [2.05, 4.69) is 4.72 Å². The highest BCUT2D eigenvalue weighted by molar-refractivity contribution is 7.92. The molecular weight excluding hydrogens is 378 g/mol. The number of anilines is 1. The second-order valence-corrected chi connectivity index (χ2v) is 8.86. The number of benzene rings is 2. The van der Waals surface area contributed by atoms with Crippen LogP contribution in [0.15, 0.2) is 50.9 Å². The molecule has 1 aliphatic rings. The van der Waals surface area contributed by atoms with Gasteiger partial charge >= 0.3 is 11.1 Å². The van der Waals surface area contributed by atoms with Gasteiger partial charge in [0.25, 0.3) is 10.0 Å². The van der Waals surface area contributed by atoms with Crippen molar-refractivity contribution in [3.63, 3.8) is 0 Å². The van der Waals surface area contributed by atoms with Crippen LogP contribution in [0.3, 0.4) is 0 Å². The lowest BCUT2D eigenvalue weighted by Crippen LogP contribution is -2.39. The van der Waals surface area contributed by atoms with Crippen molar-refractivity contribution < 1.29 is 8.42 Å². The number of aromatic nitrogens is 2. The molecule has 0 spiro atoms. The summed E-state index contributed by atoms with van der Waals surface area (Å²) in [6.07, 6.45) is 4.09. The molecule has 0 fully saturated rings. The normalized spacial score (nSPS) is 14.1. The molecule has 0 saturated carbocycles. The molecule has 8 heteroatoms. The molecule has 0 amide bonds. The van der Waals surface area contributed by atoms with Crippen molar-refractivity contribution in [2.45, 2.75) is 30.6 Å². The summed E-state index contributed by atoms with van der Waals surface area (Å²) in [6, 6.07) is 10.0. The van der Waals surface area contributed by atoms with E-state index in [9.17, 15) is 18.0 Å². The van der Waals surface area contributed by atoms with Gasteiger partial charge in [0.15, 0.2) is 0 Å². The Bertz CT molecular complexity index is 1320. The molecule has 1 N–H and O–H groups in total. The molecule has 0 saturated heterocycles. The van der Waals surface area contributed by atoms with Crippen LogP contribution in [0.2, 0.25) is 0 Å². The Morgan fingerprint density at radius 1 is 0.821 bits per heavy atom. The quantitative estimate of drug-likeness (QED) is 0.682. The zero-order chi connectivity index (χ0) is 20.1. The molecule has 7 nitrogen and oxygen atoms in total. The van der Waals surface area contributed by atoms with Crippen LogP contribution in [0.25, 0.3) is 11.0 Å². The number of fused-ring (bicyclic) bond motifs is 2. The number of nitrogens with one attached hydrogen (secondary N) is 1. The van der Waals surface area contributed by atoms with E-state index in [0.29, 0.717) is 16.7 Å². The monoisotopic (exact) mass is 399 g/mol. The van der Waals surface area contributed by atoms with Gasteiger partial charge in [0.05, 0.1) is 21.6 Å². The number of hydrogen-bond donors (Lipinski definition) is 1. The molecule has 0 radical (unpaired) electrons. The Morgan fingerprint density at radius 3 is 2.18 bits per heavy atom. The van der Waals surface area contributed by atoms with Gasteiger partial charge < -0.3 is 9.13 Å². The summed E-state index contributed by atoms with van der Waals surface area (Å²) in [5.74, 6) is 0. The molecule has 1 heterocycles. The molecule has 1 aromatic heterocycles. The Hall–Kier alpha value is -2.87. The molecular formula is C20H21N3O4S. The summed E-state index contributed by atoms with van der Waals surface area (Å²) in [6.45, 7) is 0. The van der Waals surface area contributed by atoms with Crippen LogP contribution in [0.1, 0.15) is 24.0 Å². The maximum absolute atomic E-state index is 12.9. The van der Waals surface area contributed by atoms with E-state index in [4.69, 9.17) is 0 Å². The van der Waals surface area contributed by atoms with E-state index >= 15 is 0 Å². The maximum atomic E-state index is 12.9. The molecule has 3 aromatic rings. The van der Waals surface area contributed by atoms with Gasteiger partial charge in [0.2, 0.25) is 0 Å². The summed E-state index contributed by atoms with van der Waals surface area (Å²) in [7, 11) is -0.752. The van der Waals surface area contributed by atoms with Crippen molar-refractivity contribution in [1.82, 2.24) is 9.13 Å². The van der Waals surface area contributed by atoms with Crippen LogP contribution in [0, 0.1) is 0 Å². The van der Waals surface area contributed by atoms with E-state index < -0.39 is 21.1 Å². The van der Waals surface area contributed by atoms with Crippen LogP contribution in [0.5, 0.6) is 0 Å². The van der Waals surface area contributed by atoms with Gasteiger partial charge in [-0.05, 0) is 67.1 Å². The molecule has 0 atom stereocenters. The highest BCUT2D eigenvalue weighted by atomic mass is 32.2. The van der Waals surface area contributed by atoms with Crippen molar-refractivity contribution in [3.05, 3.63) is 68.2 Å². The maximum Gasteiger partial charge on any atom is 0.316 e. The minimum absolute atomic E-state index is 0.225. The van der Waals surface area contributed by atoms with Crippen LogP contribution in [-0.4, -0.2) is 17.6 Å². The predicted molar refractivity (Wildman–Crippen MR) is 108 cm³/mol. The zero-order valence-electron chi connectivity index (χ0n) is 15.7. The average molecular weight is 399 g/mol.